The van der Waals surface area contributed by atoms with Crippen LogP contribution in [0.4, 0.5) is 0 Å². The fraction of sp³-hybridized carbons (Fsp3) is 0. The SMILES string of the molecule is N=C(OC(=[NH2+])c1ccc(-n2c3ccccc3c3c(-c4ccccc4)c4c(c(-c5ccccc5)c32)c2ccccc2n4-c2ccccc2)cc1)c1cccc2ccccc12. The smallest absolute Gasteiger partial charge is 0.373 e. The molecule has 0 fully saturated rings. The van der Waals surface area contributed by atoms with Gasteiger partial charge in [0.1, 0.15) is 0 Å². The van der Waals surface area contributed by atoms with Gasteiger partial charge in [0.05, 0.1) is 27.6 Å². The fourth-order valence-electron chi connectivity index (χ4n) is 9.00. The molecule has 2 heterocycles. The van der Waals surface area contributed by atoms with Crippen LogP contribution >= 0.6 is 0 Å². The van der Waals surface area contributed by atoms with Crippen LogP contribution in [0.1, 0.15) is 11.1 Å². The molecule has 0 amide bonds. The van der Waals surface area contributed by atoms with Gasteiger partial charge in [0.25, 0.3) is 0 Å². The van der Waals surface area contributed by atoms with E-state index in [-0.39, 0.29) is 11.8 Å². The molecule has 11 aromatic rings. The second kappa shape index (κ2) is 13.9. The van der Waals surface area contributed by atoms with Crippen molar-refractivity contribution < 1.29 is 10.1 Å². The van der Waals surface area contributed by atoms with E-state index in [2.05, 4.69) is 161 Å². The molecule has 0 spiro atoms. The van der Waals surface area contributed by atoms with Crippen molar-refractivity contribution in [3.8, 4) is 33.6 Å². The topological polar surface area (TPSA) is 68.5 Å². The van der Waals surface area contributed by atoms with Crippen LogP contribution in [0, 0.1) is 5.41 Å². The Morgan fingerprint density at radius 1 is 0.424 bits per heavy atom. The summed E-state index contributed by atoms with van der Waals surface area (Å²) in [7, 11) is 0. The van der Waals surface area contributed by atoms with E-state index in [0.29, 0.717) is 11.1 Å². The molecule has 3 N–H and O–H groups in total. The molecule has 0 aliphatic carbocycles. The van der Waals surface area contributed by atoms with Crippen LogP contribution in [0.5, 0.6) is 0 Å². The first-order valence-corrected chi connectivity index (χ1v) is 19.8. The van der Waals surface area contributed by atoms with E-state index >= 15 is 0 Å². The third-order valence-corrected chi connectivity index (χ3v) is 11.5. The van der Waals surface area contributed by atoms with Crippen LogP contribution in [0.25, 0.3) is 88.0 Å². The quantitative estimate of drug-likeness (QED) is 0.129. The zero-order chi connectivity index (χ0) is 39.5. The minimum Gasteiger partial charge on any atom is -0.386 e. The summed E-state index contributed by atoms with van der Waals surface area (Å²) in [5.41, 5.74) is 12.6. The van der Waals surface area contributed by atoms with Crippen molar-refractivity contribution in [1.29, 1.82) is 5.41 Å². The molecule has 0 unspecified atom stereocenters. The Balaban J connectivity index is 1.19. The van der Waals surface area contributed by atoms with Crippen LogP contribution in [0.2, 0.25) is 0 Å². The highest BCUT2D eigenvalue weighted by Crippen LogP contribution is 2.51. The molecule has 11 rings (SSSR count). The summed E-state index contributed by atoms with van der Waals surface area (Å²) in [4.78, 5) is 0. The van der Waals surface area contributed by atoms with Gasteiger partial charge in [0, 0.05) is 49.6 Å². The van der Waals surface area contributed by atoms with E-state index in [1.807, 2.05) is 54.6 Å². The number of nitrogens with one attached hydrogen (secondary N) is 1. The first-order chi connectivity index (χ1) is 29.2. The summed E-state index contributed by atoms with van der Waals surface area (Å²) in [6, 6.07) is 71.9. The van der Waals surface area contributed by atoms with Crippen molar-refractivity contribution >= 4 is 66.2 Å². The number of ether oxygens (including phenoxy) is 1. The summed E-state index contributed by atoms with van der Waals surface area (Å²) >= 11 is 0. The Hall–Kier alpha value is -8.02. The molecular formula is C54H37N4O+. The summed E-state index contributed by atoms with van der Waals surface area (Å²) in [5.74, 6) is 0.175. The van der Waals surface area contributed by atoms with Gasteiger partial charge in [-0.05, 0) is 76.5 Å². The van der Waals surface area contributed by atoms with Crippen molar-refractivity contribution in [2.24, 2.45) is 0 Å². The van der Waals surface area contributed by atoms with Gasteiger partial charge < -0.3 is 13.9 Å². The predicted octanol–water partition coefficient (Wildman–Crippen LogP) is 11.9. The molecule has 0 aliphatic rings. The number of rotatable bonds is 6. The monoisotopic (exact) mass is 757 g/mol. The minimum absolute atomic E-state index is 0.00500. The Morgan fingerprint density at radius 2 is 0.864 bits per heavy atom. The predicted molar refractivity (Wildman–Crippen MR) is 244 cm³/mol. The van der Waals surface area contributed by atoms with E-state index in [1.54, 1.807) is 0 Å². The lowest BCUT2D eigenvalue weighted by molar-refractivity contribution is -0.130. The molecule has 5 nitrogen and oxygen atoms in total. The lowest BCUT2D eigenvalue weighted by Gasteiger charge is -2.18. The summed E-state index contributed by atoms with van der Waals surface area (Å²) in [6.07, 6.45) is 0. The normalized spacial score (nSPS) is 11.5. The number of fused-ring (bicyclic) bond motifs is 7. The first kappa shape index (κ1) is 34.2. The van der Waals surface area contributed by atoms with Crippen LogP contribution < -0.4 is 5.41 Å². The van der Waals surface area contributed by atoms with Crippen molar-refractivity contribution in [3.05, 3.63) is 217 Å². The van der Waals surface area contributed by atoms with E-state index in [1.165, 1.54) is 32.8 Å². The van der Waals surface area contributed by atoms with Gasteiger partial charge in [-0.3, -0.25) is 5.41 Å². The van der Waals surface area contributed by atoms with E-state index in [4.69, 9.17) is 15.6 Å². The molecular weight excluding hydrogens is 721 g/mol. The summed E-state index contributed by atoms with van der Waals surface area (Å²) in [6.45, 7) is 0. The third kappa shape index (κ3) is 5.47. The van der Waals surface area contributed by atoms with Gasteiger partial charge >= 0.3 is 5.90 Å². The zero-order valence-corrected chi connectivity index (χ0v) is 32.0. The van der Waals surface area contributed by atoms with Gasteiger partial charge in [-0.2, -0.15) is 0 Å². The van der Waals surface area contributed by atoms with E-state index < -0.39 is 0 Å². The third-order valence-electron chi connectivity index (χ3n) is 11.5. The molecule has 0 atom stereocenters. The number of benzene rings is 9. The van der Waals surface area contributed by atoms with Crippen molar-refractivity contribution in [1.82, 2.24) is 9.13 Å². The maximum Gasteiger partial charge on any atom is 0.373 e. The molecule has 0 radical (unpaired) electrons. The molecule has 0 saturated heterocycles. The highest BCUT2D eigenvalue weighted by atomic mass is 16.5. The van der Waals surface area contributed by atoms with Gasteiger partial charge in [0.2, 0.25) is 5.90 Å². The Labute approximate surface area is 340 Å². The average Bonchev–Trinajstić information content (AvgIpc) is 3.82. The fourth-order valence-corrected chi connectivity index (χ4v) is 9.00. The van der Waals surface area contributed by atoms with Gasteiger partial charge in [0.15, 0.2) is 0 Å². The lowest BCUT2D eigenvalue weighted by Crippen LogP contribution is -2.43. The van der Waals surface area contributed by atoms with Crippen molar-refractivity contribution in [3.63, 3.8) is 0 Å². The Bertz CT molecular complexity index is 3410. The maximum atomic E-state index is 8.88. The Kier molecular flexibility index (Phi) is 8.05. The standard InChI is InChI=1S/C54H36N4O/c55-53(59-54(56)42-28-16-22-35-17-10-11-25-41(35)42)38-31-33-40(34-32-38)58-46-30-15-13-27-44(46)50-47(36-18-4-1-5-19-36)51-49(48(52(50)58)37-20-6-2-7-21-37)43-26-12-14-29-45(43)57(51)39-23-8-3-9-24-39/h1-34,55-56H/p+1. The maximum absolute atomic E-state index is 8.88. The van der Waals surface area contributed by atoms with Gasteiger partial charge in [-0.15, -0.1) is 0 Å². The van der Waals surface area contributed by atoms with E-state index in [9.17, 15) is 0 Å². The van der Waals surface area contributed by atoms with Gasteiger partial charge in [-0.1, -0.05) is 152 Å². The molecule has 0 bridgehead atoms. The lowest BCUT2D eigenvalue weighted by atomic mass is 9.90. The number of hydrogen-bond donors (Lipinski definition) is 2. The second-order valence-corrected chi connectivity index (χ2v) is 14.8. The first-order valence-electron chi connectivity index (χ1n) is 19.8. The number of nitrogens with zero attached hydrogens (tertiary/aromatic N) is 2. The second-order valence-electron chi connectivity index (χ2n) is 14.8. The van der Waals surface area contributed by atoms with Gasteiger partial charge in [-0.25, -0.2) is 5.41 Å². The molecule has 0 aliphatic heterocycles. The molecule has 278 valence electrons. The van der Waals surface area contributed by atoms with Crippen LogP contribution in [-0.4, -0.2) is 20.9 Å². The number of hydrogen-bond acceptors (Lipinski definition) is 2. The Morgan fingerprint density at radius 3 is 1.42 bits per heavy atom. The number of aromatic nitrogens is 2. The molecule has 59 heavy (non-hydrogen) atoms. The average molecular weight is 758 g/mol. The number of para-hydroxylation sites is 3. The largest absolute Gasteiger partial charge is 0.386 e. The summed E-state index contributed by atoms with van der Waals surface area (Å²) < 4.78 is 10.9. The molecule has 0 saturated carbocycles. The molecule has 5 heteroatoms. The van der Waals surface area contributed by atoms with Crippen LogP contribution in [0.15, 0.2) is 206 Å². The van der Waals surface area contributed by atoms with Crippen LogP contribution in [-0.2, 0) is 4.74 Å². The summed E-state index contributed by atoms with van der Waals surface area (Å²) in [5, 5.41) is 22.2. The molecule has 9 aromatic carbocycles. The highest BCUT2D eigenvalue weighted by Gasteiger charge is 2.29. The zero-order valence-electron chi connectivity index (χ0n) is 32.0. The van der Waals surface area contributed by atoms with Crippen molar-refractivity contribution in [2.45, 2.75) is 0 Å². The minimum atomic E-state index is 0.00500. The van der Waals surface area contributed by atoms with Crippen molar-refractivity contribution in [2.75, 3.05) is 0 Å². The van der Waals surface area contributed by atoms with Crippen LogP contribution in [0.3, 0.4) is 0 Å². The molecule has 2 aromatic heterocycles. The number of nitrogens with two attached hydrogens (primary N) is 1. The highest BCUT2D eigenvalue weighted by molar-refractivity contribution is 6.33. The van der Waals surface area contributed by atoms with E-state index in [0.717, 1.165) is 55.2 Å².